The number of hydrogen-bond acceptors (Lipinski definition) is 4. The average Bonchev–Trinajstić information content (AvgIpc) is 2.46. The molecule has 0 unspecified atom stereocenters. The van der Waals surface area contributed by atoms with Gasteiger partial charge >= 0.3 is 11.9 Å². The molecule has 112 valence electrons. The fourth-order valence-corrected chi connectivity index (χ4v) is 2.38. The van der Waals surface area contributed by atoms with Gasteiger partial charge in [0.25, 0.3) is 5.91 Å². The first kappa shape index (κ1) is 15.3. The number of aliphatic carboxylic acids is 2. The van der Waals surface area contributed by atoms with Crippen LogP contribution in [0.15, 0.2) is 24.3 Å². The van der Waals surface area contributed by atoms with E-state index in [2.05, 4.69) is 5.32 Å². The number of carbonyl (C=O) groups is 3. The zero-order chi connectivity index (χ0) is 15.6. The second-order valence-corrected chi connectivity index (χ2v) is 4.99. The topological polar surface area (TPSA) is 107 Å². The van der Waals surface area contributed by atoms with Crippen molar-refractivity contribution in [1.82, 2.24) is 10.2 Å². The maximum Gasteiger partial charge on any atom is 0.328 e. The van der Waals surface area contributed by atoms with Gasteiger partial charge in [-0.3, -0.25) is 9.59 Å². The van der Waals surface area contributed by atoms with Crippen molar-refractivity contribution in [3.05, 3.63) is 34.9 Å². The third-order valence-electron chi connectivity index (χ3n) is 3.24. The molecular formula is C13H13ClN2O5. The molecule has 1 saturated heterocycles. The second kappa shape index (κ2) is 6.11. The summed E-state index contributed by atoms with van der Waals surface area (Å²) < 4.78 is 0. The summed E-state index contributed by atoms with van der Waals surface area (Å²) in [6.45, 7) is 0.322. The Hall–Kier alpha value is -2.12. The number of piperazine rings is 1. The van der Waals surface area contributed by atoms with E-state index in [4.69, 9.17) is 16.7 Å². The number of carboxylic acid groups (broad SMARTS) is 2. The summed E-state index contributed by atoms with van der Waals surface area (Å²) in [6.07, 6.45) is 0. The summed E-state index contributed by atoms with van der Waals surface area (Å²) in [6, 6.07) is 3.18. The molecule has 1 heterocycles. The summed E-state index contributed by atoms with van der Waals surface area (Å²) in [5.41, 5.74) is 0.261. The molecule has 0 spiro atoms. The minimum atomic E-state index is -1.46. The Balaban J connectivity index is 2.31. The molecule has 0 aliphatic carbocycles. The summed E-state index contributed by atoms with van der Waals surface area (Å²) in [7, 11) is 0. The minimum absolute atomic E-state index is 0.113. The summed E-state index contributed by atoms with van der Waals surface area (Å²) in [5, 5.41) is 21.4. The molecule has 1 aliphatic rings. The van der Waals surface area contributed by atoms with Crippen LogP contribution < -0.4 is 5.32 Å². The van der Waals surface area contributed by atoms with Gasteiger partial charge in [0.2, 0.25) is 0 Å². The zero-order valence-corrected chi connectivity index (χ0v) is 11.6. The largest absolute Gasteiger partial charge is 0.480 e. The molecule has 2 rings (SSSR count). The van der Waals surface area contributed by atoms with E-state index in [9.17, 15) is 19.5 Å². The fourth-order valence-electron chi connectivity index (χ4n) is 2.26. The van der Waals surface area contributed by atoms with E-state index >= 15 is 0 Å². The number of nitrogens with one attached hydrogen (secondary N) is 1. The van der Waals surface area contributed by atoms with Crippen LogP contribution in [0, 0.1) is 0 Å². The van der Waals surface area contributed by atoms with Crippen LogP contribution in [0.4, 0.5) is 0 Å². The molecule has 1 aromatic rings. The first-order chi connectivity index (χ1) is 9.91. The van der Waals surface area contributed by atoms with E-state index in [0.717, 1.165) is 4.90 Å². The van der Waals surface area contributed by atoms with Crippen molar-refractivity contribution in [3.63, 3.8) is 0 Å². The van der Waals surface area contributed by atoms with Crippen LogP contribution in [-0.2, 0) is 9.59 Å². The van der Waals surface area contributed by atoms with Crippen molar-refractivity contribution in [2.45, 2.75) is 12.1 Å². The number of carbonyl (C=O) groups excluding carboxylic acids is 1. The van der Waals surface area contributed by atoms with Crippen LogP contribution in [0.2, 0.25) is 5.02 Å². The Morgan fingerprint density at radius 2 is 1.76 bits per heavy atom. The molecule has 8 heteroatoms. The highest BCUT2D eigenvalue weighted by atomic mass is 35.5. The van der Waals surface area contributed by atoms with E-state index in [1.165, 1.54) is 24.3 Å². The van der Waals surface area contributed by atoms with Crippen molar-refractivity contribution < 1.29 is 24.6 Å². The number of hydrogen-bond donors (Lipinski definition) is 3. The molecule has 1 fully saturated rings. The lowest BCUT2D eigenvalue weighted by molar-refractivity contribution is -0.152. The van der Waals surface area contributed by atoms with Crippen LogP contribution in [-0.4, -0.2) is 58.1 Å². The van der Waals surface area contributed by atoms with Crippen molar-refractivity contribution in [2.75, 3.05) is 13.1 Å². The quantitative estimate of drug-likeness (QED) is 0.740. The Morgan fingerprint density at radius 1 is 1.14 bits per heavy atom. The van der Waals surface area contributed by atoms with Gasteiger partial charge in [-0.25, -0.2) is 4.79 Å². The van der Waals surface area contributed by atoms with E-state index in [0.29, 0.717) is 5.02 Å². The van der Waals surface area contributed by atoms with Crippen LogP contribution in [0.25, 0.3) is 0 Å². The van der Waals surface area contributed by atoms with E-state index in [1.807, 2.05) is 0 Å². The fraction of sp³-hybridized carbons (Fsp3) is 0.308. The number of amides is 1. The summed E-state index contributed by atoms with van der Waals surface area (Å²) in [4.78, 5) is 35.9. The van der Waals surface area contributed by atoms with Gasteiger partial charge in [-0.15, -0.1) is 0 Å². The number of nitrogens with zero attached hydrogens (tertiary/aromatic N) is 1. The van der Waals surface area contributed by atoms with Gasteiger partial charge in [-0.1, -0.05) is 11.6 Å². The number of benzene rings is 1. The number of rotatable bonds is 3. The van der Waals surface area contributed by atoms with Crippen LogP contribution >= 0.6 is 11.6 Å². The van der Waals surface area contributed by atoms with Gasteiger partial charge in [-0.05, 0) is 24.3 Å². The molecule has 21 heavy (non-hydrogen) atoms. The van der Waals surface area contributed by atoms with Gasteiger partial charge < -0.3 is 20.4 Å². The van der Waals surface area contributed by atoms with E-state index < -0.39 is 29.9 Å². The highest BCUT2D eigenvalue weighted by molar-refractivity contribution is 6.30. The van der Waals surface area contributed by atoms with E-state index in [1.54, 1.807) is 0 Å². The predicted molar refractivity (Wildman–Crippen MR) is 73.3 cm³/mol. The summed E-state index contributed by atoms with van der Waals surface area (Å²) >= 11 is 5.74. The lowest BCUT2D eigenvalue weighted by Crippen LogP contribution is -2.65. The molecule has 2 atom stereocenters. The number of halogens is 1. The SMILES string of the molecule is O=C(O)[C@H]1NCCN(C(=O)c2ccc(Cl)cc2)[C@H]1C(=O)O. The average molecular weight is 313 g/mol. The Kier molecular flexibility index (Phi) is 4.44. The highest BCUT2D eigenvalue weighted by Gasteiger charge is 2.43. The smallest absolute Gasteiger partial charge is 0.328 e. The number of carboxylic acids is 2. The Morgan fingerprint density at radius 3 is 2.29 bits per heavy atom. The first-order valence-electron chi connectivity index (χ1n) is 6.17. The second-order valence-electron chi connectivity index (χ2n) is 4.56. The van der Waals surface area contributed by atoms with Crippen molar-refractivity contribution in [3.8, 4) is 0 Å². The molecule has 0 bridgehead atoms. The lowest BCUT2D eigenvalue weighted by atomic mass is 10.0. The van der Waals surface area contributed by atoms with Crippen molar-refractivity contribution >= 4 is 29.4 Å². The Bertz CT molecular complexity index is 574. The van der Waals surface area contributed by atoms with E-state index in [-0.39, 0.29) is 18.7 Å². The molecule has 7 nitrogen and oxygen atoms in total. The molecule has 0 aromatic heterocycles. The van der Waals surface area contributed by atoms with Crippen molar-refractivity contribution in [2.24, 2.45) is 0 Å². The molecular weight excluding hydrogens is 300 g/mol. The molecule has 3 N–H and O–H groups in total. The summed E-state index contributed by atoms with van der Waals surface area (Å²) in [5.74, 6) is -3.21. The van der Waals surface area contributed by atoms with Crippen LogP contribution in [0.3, 0.4) is 0 Å². The first-order valence-corrected chi connectivity index (χ1v) is 6.55. The van der Waals surface area contributed by atoms with Gasteiger partial charge in [0.15, 0.2) is 6.04 Å². The molecule has 1 amide bonds. The van der Waals surface area contributed by atoms with Gasteiger partial charge in [-0.2, -0.15) is 0 Å². The van der Waals surface area contributed by atoms with Gasteiger partial charge in [0.05, 0.1) is 0 Å². The molecule has 0 saturated carbocycles. The maximum absolute atomic E-state index is 12.4. The Labute approximate surface area is 125 Å². The zero-order valence-electron chi connectivity index (χ0n) is 10.8. The predicted octanol–water partition coefficient (Wildman–Crippen LogP) is 0.292. The van der Waals surface area contributed by atoms with Crippen molar-refractivity contribution in [1.29, 1.82) is 0 Å². The van der Waals surface area contributed by atoms with Crippen LogP contribution in [0.5, 0.6) is 0 Å². The normalized spacial score (nSPS) is 21.9. The molecule has 1 aliphatic heterocycles. The molecule has 0 radical (unpaired) electrons. The third-order valence-corrected chi connectivity index (χ3v) is 3.49. The monoisotopic (exact) mass is 312 g/mol. The van der Waals surface area contributed by atoms with Gasteiger partial charge in [0, 0.05) is 23.7 Å². The van der Waals surface area contributed by atoms with Gasteiger partial charge in [0.1, 0.15) is 6.04 Å². The molecule has 1 aromatic carbocycles. The highest BCUT2D eigenvalue weighted by Crippen LogP contribution is 2.17. The standard InChI is InChI=1S/C13H13ClN2O5/c14-8-3-1-7(2-4-8)11(17)16-6-5-15-9(12(18)19)10(16)13(20)21/h1-4,9-10,15H,5-6H2,(H,18,19)(H,20,21)/t9-,10+/m0/s1. The maximum atomic E-state index is 12.4. The minimum Gasteiger partial charge on any atom is -0.480 e. The lowest BCUT2D eigenvalue weighted by Gasteiger charge is -2.37. The van der Waals surface area contributed by atoms with Crippen LogP contribution in [0.1, 0.15) is 10.4 Å². The third kappa shape index (κ3) is 3.14.